The van der Waals surface area contributed by atoms with Crippen LogP contribution in [-0.2, 0) is 24.4 Å². The van der Waals surface area contributed by atoms with Gasteiger partial charge in [0, 0.05) is 12.1 Å². The summed E-state index contributed by atoms with van der Waals surface area (Å²) in [7, 11) is 0. The van der Waals surface area contributed by atoms with Crippen LogP contribution in [0.5, 0.6) is 5.75 Å². The zero-order valence-corrected chi connectivity index (χ0v) is 18.6. The molecule has 2 aromatic rings. The Hall–Kier alpha value is -2.02. The van der Waals surface area contributed by atoms with Crippen molar-refractivity contribution in [3.05, 3.63) is 35.7 Å². The average molecular weight is 405 g/mol. The van der Waals surface area contributed by atoms with E-state index in [1.807, 2.05) is 32.9 Å². The fraction of sp³-hybridized carbons (Fsp3) is 0.571. The number of amides is 1. The highest BCUT2D eigenvalue weighted by Crippen LogP contribution is 2.20. The van der Waals surface area contributed by atoms with Gasteiger partial charge in [-0.1, -0.05) is 44.7 Å². The van der Waals surface area contributed by atoms with E-state index in [1.165, 1.54) is 17.3 Å². The number of hydrogen-bond acceptors (Lipinski definition) is 5. The third kappa shape index (κ3) is 7.19. The number of benzene rings is 1. The Morgan fingerprint density at radius 3 is 2.46 bits per heavy atom. The maximum atomic E-state index is 12.1. The van der Waals surface area contributed by atoms with Gasteiger partial charge in [-0.05, 0) is 50.8 Å². The molecule has 1 aromatic carbocycles. The van der Waals surface area contributed by atoms with Crippen LogP contribution in [0.3, 0.4) is 0 Å². The molecule has 0 unspecified atom stereocenters. The second kappa shape index (κ2) is 9.96. The van der Waals surface area contributed by atoms with Gasteiger partial charge in [-0.2, -0.15) is 0 Å². The molecule has 28 heavy (non-hydrogen) atoms. The van der Waals surface area contributed by atoms with Crippen LogP contribution in [0.25, 0.3) is 0 Å². The highest BCUT2D eigenvalue weighted by molar-refractivity contribution is 7.99. The van der Waals surface area contributed by atoms with Crippen molar-refractivity contribution in [2.75, 3.05) is 5.75 Å². The van der Waals surface area contributed by atoms with Crippen LogP contribution >= 0.6 is 11.8 Å². The summed E-state index contributed by atoms with van der Waals surface area (Å²) in [5.41, 5.74) is 1.04. The zero-order valence-electron chi connectivity index (χ0n) is 17.8. The van der Waals surface area contributed by atoms with Crippen molar-refractivity contribution in [3.8, 4) is 5.75 Å². The third-order valence-corrected chi connectivity index (χ3v) is 4.85. The molecular formula is C21H32N4O2S. The van der Waals surface area contributed by atoms with Crippen LogP contribution in [0.4, 0.5) is 0 Å². The molecule has 0 fully saturated rings. The lowest BCUT2D eigenvalue weighted by molar-refractivity contribution is -0.119. The largest absolute Gasteiger partial charge is 0.486 e. The van der Waals surface area contributed by atoms with E-state index in [4.69, 9.17) is 4.74 Å². The van der Waals surface area contributed by atoms with E-state index in [1.54, 1.807) is 0 Å². The summed E-state index contributed by atoms with van der Waals surface area (Å²) in [6.45, 7) is 13.5. The van der Waals surface area contributed by atoms with Crippen LogP contribution in [0.1, 0.15) is 52.9 Å². The van der Waals surface area contributed by atoms with Gasteiger partial charge in [-0.3, -0.25) is 4.79 Å². The summed E-state index contributed by atoms with van der Waals surface area (Å²) in [5, 5.41) is 12.3. The molecule has 0 bridgehead atoms. The standard InChI is InChI=1S/C21H32N4O2S/c1-7-16-8-10-17(11-9-16)27-13-18-23-24-20(25(18)12-15(2)3)28-14-19(26)22-21(4,5)6/h8-11,15H,7,12-14H2,1-6H3,(H,22,26). The van der Waals surface area contributed by atoms with E-state index in [2.05, 4.69) is 53.0 Å². The number of carbonyl (C=O) groups excluding carboxylic acids is 1. The van der Waals surface area contributed by atoms with Gasteiger partial charge in [0.2, 0.25) is 5.91 Å². The number of thioether (sulfide) groups is 1. The van der Waals surface area contributed by atoms with E-state index in [0.717, 1.165) is 29.7 Å². The predicted molar refractivity (Wildman–Crippen MR) is 114 cm³/mol. The van der Waals surface area contributed by atoms with E-state index >= 15 is 0 Å². The van der Waals surface area contributed by atoms with E-state index in [9.17, 15) is 4.79 Å². The molecule has 0 aliphatic heterocycles. The van der Waals surface area contributed by atoms with E-state index in [0.29, 0.717) is 18.3 Å². The van der Waals surface area contributed by atoms with E-state index < -0.39 is 0 Å². The van der Waals surface area contributed by atoms with Gasteiger partial charge in [0.1, 0.15) is 12.4 Å². The number of ether oxygens (including phenoxy) is 1. The molecule has 0 aliphatic rings. The second-order valence-corrected chi connectivity index (χ2v) is 9.22. The molecule has 154 valence electrons. The summed E-state index contributed by atoms with van der Waals surface area (Å²) in [4.78, 5) is 12.1. The van der Waals surface area contributed by atoms with Gasteiger partial charge in [-0.25, -0.2) is 0 Å². The molecular weight excluding hydrogens is 372 g/mol. The van der Waals surface area contributed by atoms with Crippen LogP contribution in [-0.4, -0.2) is 32.0 Å². The van der Waals surface area contributed by atoms with E-state index in [-0.39, 0.29) is 11.4 Å². The normalized spacial score (nSPS) is 11.7. The maximum absolute atomic E-state index is 12.1. The van der Waals surface area contributed by atoms with Gasteiger partial charge < -0.3 is 14.6 Å². The van der Waals surface area contributed by atoms with Crippen molar-refractivity contribution in [2.45, 2.75) is 71.8 Å². The van der Waals surface area contributed by atoms with Crippen LogP contribution in [0.2, 0.25) is 0 Å². The number of aromatic nitrogens is 3. The maximum Gasteiger partial charge on any atom is 0.230 e. The number of rotatable bonds is 9. The molecule has 7 heteroatoms. The highest BCUT2D eigenvalue weighted by Gasteiger charge is 2.18. The van der Waals surface area contributed by atoms with Gasteiger partial charge in [0.15, 0.2) is 11.0 Å². The zero-order chi connectivity index (χ0) is 20.7. The molecule has 1 heterocycles. The molecule has 0 radical (unpaired) electrons. The Kier molecular flexibility index (Phi) is 7.92. The molecule has 0 spiro atoms. The van der Waals surface area contributed by atoms with Crippen molar-refractivity contribution in [2.24, 2.45) is 5.92 Å². The predicted octanol–water partition coefficient (Wildman–Crippen LogP) is 4.08. The Labute approximate surface area is 172 Å². The molecule has 1 N–H and O–H groups in total. The first-order valence-corrected chi connectivity index (χ1v) is 10.7. The van der Waals surface area contributed by atoms with Crippen molar-refractivity contribution >= 4 is 17.7 Å². The Morgan fingerprint density at radius 2 is 1.89 bits per heavy atom. The number of carbonyl (C=O) groups is 1. The SMILES string of the molecule is CCc1ccc(OCc2nnc(SCC(=O)NC(C)(C)C)n2CC(C)C)cc1. The Morgan fingerprint density at radius 1 is 1.21 bits per heavy atom. The molecule has 6 nitrogen and oxygen atoms in total. The molecule has 0 saturated carbocycles. The lowest BCUT2D eigenvalue weighted by Gasteiger charge is -2.20. The topological polar surface area (TPSA) is 69.0 Å². The van der Waals surface area contributed by atoms with Crippen molar-refractivity contribution in [1.29, 1.82) is 0 Å². The first kappa shape index (κ1) is 22.3. The Bertz CT molecular complexity index is 764. The lowest BCUT2D eigenvalue weighted by atomic mass is 10.1. The number of nitrogens with one attached hydrogen (secondary N) is 1. The van der Waals surface area contributed by atoms with Gasteiger partial charge in [0.05, 0.1) is 5.75 Å². The van der Waals surface area contributed by atoms with Gasteiger partial charge >= 0.3 is 0 Å². The second-order valence-electron chi connectivity index (χ2n) is 8.28. The summed E-state index contributed by atoms with van der Waals surface area (Å²) in [5.74, 6) is 2.32. The molecule has 0 saturated heterocycles. The minimum absolute atomic E-state index is 0.00888. The first-order chi connectivity index (χ1) is 13.2. The molecule has 1 aromatic heterocycles. The third-order valence-electron chi connectivity index (χ3n) is 3.89. The van der Waals surface area contributed by atoms with Crippen molar-refractivity contribution < 1.29 is 9.53 Å². The molecule has 0 aliphatic carbocycles. The van der Waals surface area contributed by atoms with Crippen LogP contribution in [0.15, 0.2) is 29.4 Å². The summed E-state index contributed by atoms with van der Waals surface area (Å²) in [6.07, 6.45) is 1.01. The fourth-order valence-electron chi connectivity index (χ4n) is 2.63. The Balaban J connectivity index is 2.04. The first-order valence-electron chi connectivity index (χ1n) is 9.75. The van der Waals surface area contributed by atoms with Gasteiger partial charge in [0.25, 0.3) is 0 Å². The quantitative estimate of drug-likeness (QED) is 0.638. The summed E-state index contributed by atoms with van der Waals surface area (Å²) >= 11 is 1.41. The molecule has 2 rings (SSSR count). The van der Waals surface area contributed by atoms with Crippen molar-refractivity contribution in [3.63, 3.8) is 0 Å². The monoisotopic (exact) mass is 404 g/mol. The van der Waals surface area contributed by atoms with Crippen LogP contribution < -0.4 is 10.1 Å². The highest BCUT2D eigenvalue weighted by atomic mass is 32.2. The minimum atomic E-state index is -0.241. The molecule has 1 amide bonds. The summed E-state index contributed by atoms with van der Waals surface area (Å²) in [6, 6.07) is 8.11. The average Bonchev–Trinajstić information content (AvgIpc) is 2.98. The summed E-state index contributed by atoms with van der Waals surface area (Å²) < 4.78 is 7.96. The van der Waals surface area contributed by atoms with Crippen molar-refractivity contribution in [1.82, 2.24) is 20.1 Å². The number of hydrogen-bond donors (Lipinski definition) is 1. The van der Waals surface area contributed by atoms with Crippen LogP contribution in [0, 0.1) is 5.92 Å². The minimum Gasteiger partial charge on any atom is -0.486 e. The number of nitrogens with zero attached hydrogens (tertiary/aromatic N) is 3. The lowest BCUT2D eigenvalue weighted by Crippen LogP contribution is -2.41. The number of aryl methyl sites for hydroxylation is 1. The molecule has 0 atom stereocenters. The fourth-order valence-corrected chi connectivity index (χ4v) is 3.40. The smallest absolute Gasteiger partial charge is 0.230 e. The van der Waals surface area contributed by atoms with Gasteiger partial charge in [-0.15, -0.1) is 10.2 Å².